The highest BCUT2D eigenvalue weighted by Crippen LogP contribution is 2.09. The highest BCUT2D eigenvalue weighted by atomic mass is 16.1. The van der Waals surface area contributed by atoms with Gasteiger partial charge in [-0.1, -0.05) is 25.5 Å². The molecule has 2 rings (SSSR count). The van der Waals surface area contributed by atoms with Gasteiger partial charge in [-0.3, -0.25) is 15.0 Å². The number of amides is 1. The van der Waals surface area contributed by atoms with Gasteiger partial charge in [0, 0.05) is 23.9 Å². The molecule has 1 aromatic carbocycles. The first kappa shape index (κ1) is 19.3. The Morgan fingerprint density at radius 3 is 2.23 bits per heavy atom. The summed E-state index contributed by atoms with van der Waals surface area (Å²) in [6.07, 6.45) is 3.54. The molecule has 2 aromatic rings. The SMILES string of the molecule is CCCCNC(=O)c1ccc(/C(C)=N/Nc2ccc(C(C)=O)cn2)cc1. The Morgan fingerprint density at radius 2 is 1.65 bits per heavy atom. The van der Waals surface area contributed by atoms with Crippen molar-refractivity contribution in [3.05, 3.63) is 59.3 Å². The summed E-state index contributed by atoms with van der Waals surface area (Å²) in [4.78, 5) is 27.4. The number of hydrogen-bond acceptors (Lipinski definition) is 5. The van der Waals surface area contributed by atoms with Gasteiger partial charge in [-0.05, 0) is 50.1 Å². The molecule has 1 aromatic heterocycles. The predicted octanol–water partition coefficient (Wildman–Crippen LogP) is 3.65. The second kappa shape index (κ2) is 9.46. The number of nitrogens with one attached hydrogen (secondary N) is 2. The largest absolute Gasteiger partial charge is 0.352 e. The zero-order chi connectivity index (χ0) is 18.9. The third-order valence-electron chi connectivity index (χ3n) is 3.89. The molecule has 0 fully saturated rings. The molecule has 0 saturated heterocycles. The number of nitrogens with zero attached hydrogens (tertiary/aromatic N) is 2. The zero-order valence-electron chi connectivity index (χ0n) is 15.4. The number of unbranched alkanes of at least 4 members (excludes halogenated alkanes) is 1. The van der Waals surface area contributed by atoms with Crippen LogP contribution in [0.4, 0.5) is 5.82 Å². The van der Waals surface area contributed by atoms with Crippen molar-refractivity contribution in [3.8, 4) is 0 Å². The Hall–Kier alpha value is -3.02. The Labute approximate surface area is 153 Å². The molecule has 0 aliphatic heterocycles. The molecule has 0 aliphatic rings. The van der Waals surface area contributed by atoms with E-state index in [1.54, 1.807) is 24.3 Å². The summed E-state index contributed by atoms with van der Waals surface area (Å²) in [6.45, 7) is 6.15. The summed E-state index contributed by atoms with van der Waals surface area (Å²) in [5.41, 5.74) is 5.73. The molecule has 136 valence electrons. The van der Waals surface area contributed by atoms with E-state index in [1.807, 2.05) is 19.1 Å². The second-order valence-corrected chi connectivity index (χ2v) is 5.98. The van der Waals surface area contributed by atoms with Gasteiger partial charge in [0.25, 0.3) is 5.91 Å². The van der Waals surface area contributed by atoms with E-state index in [4.69, 9.17) is 0 Å². The second-order valence-electron chi connectivity index (χ2n) is 5.98. The van der Waals surface area contributed by atoms with Crippen LogP contribution in [0, 0.1) is 0 Å². The number of carbonyl (C=O) groups excluding carboxylic acids is 2. The van der Waals surface area contributed by atoms with Gasteiger partial charge in [-0.2, -0.15) is 5.10 Å². The van der Waals surface area contributed by atoms with Gasteiger partial charge in [0.05, 0.1) is 5.71 Å². The lowest BCUT2D eigenvalue weighted by molar-refractivity contribution is 0.0952. The molecule has 0 atom stereocenters. The van der Waals surface area contributed by atoms with Crippen molar-refractivity contribution < 1.29 is 9.59 Å². The number of pyridine rings is 1. The Morgan fingerprint density at radius 1 is 1.00 bits per heavy atom. The molecular formula is C20H24N4O2. The van der Waals surface area contributed by atoms with Crippen LogP contribution < -0.4 is 10.7 Å². The van der Waals surface area contributed by atoms with Gasteiger partial charge in [0.2, 0.25) is 0 Å². The fraction of sp³-hybridized carbons (Fsp3) is 0.300. The monoisotopic (exact) mass is 352 g/mol. The minimum atomic E-state index is -0.0625. The third kappa shape index (κ3) is 5.51. The number of rotatable bonds is 8. The van der Waals surface area contributed by atoms with Crippen molar-refractivity contribution in [2.75, 3.05) is 12.0 Å². The van der Waals surface area contributed by atoms with E-state index < -0.39 is 0 Å². The number of hydrogen-bond donors (Lipinski definition) is 2. The average molecular weight is 352 g/mol. The molecule has 0 aliphatic carbocycles. The first-order chi connectivity index (χ1) is 12.5. The van der Waals surface area contributed by atoms with Crippen LogP contribution in [-0.4, -0.2) is 28.9 Å². The van der Waals surface area contributed by atoms with Crippen LogP contribution >= 0.6 is 0 Å². The maximum Gasteiger partial charge on any atom is 0.251 e. The van der Waals surface area contributed by atoms with E-state index in [9.17, 15) is 9.59 Å². The van der Waals surface area contributed by atoms with Crippen molar-refractivity contribution in [2.24, 2.45) is 5.10 Å². The van der Waals surface area contributed by atoms with Crippen LogP contribution in [0.25, 0.3) is 0 Å². The first-order valence-electron chi connectivity index (χ1n) is 8.67. The number of anilines is 1. The van der Waals surface area contributed by atoms with E-state index >= 15 is 0 Å². The Bertz CT molecular complexity index is 780. The van der Waals surface area contributed by atoms with E-state index in [1.165, 1.54) is 13.1 Å². The number of benzene rings is 1. The summed E-state index contributed by atoms with van der Waals surface area (Å²) in [5.74, 6) is 0.469. The maximum absolute atomic E-state index is 12.0. The van der Waals surface area contributed by atoms with E-state index in [2.05, 4.69) is 27.8 Å². The fourth-order valence-electron chi connectivity index (χ4n) is 2.22. The van der Waals surface area contributed by atoms with Gasteiger partial charge >= 0.3 is 0 Å². The van der Waals surface area contributed by atoms with Crippen LogP contribution in [0.5, 0.6) is 0 Å². The van der Waals surface area contributed by atoms with Crippen LogP contribution in [-0.2, 0) is 0 Å². The smallest absolute Gasteiger partial charge is 0.251 e. The van der Waals surface area contributed by atoms with E-state index in [0.717, 1.165) is 24.1 Å². The zero-order valence-corrected chi connectivity index (χ0v) is 15.4. The highest BCUT2D eigenvalue weighted by molar-refractivity contribution is 6.00. The van der Waals surface area contributed by atoms with Crippen molar-refractivity contribution in [3.63, 3.8) is 0 Å². The van der Waals surface area contributed by atoms with Crippen LogP contribution in [0.1, 0.15) is 59.9 Å². The Kier molecular flexibility index (Phi) is 7.02. The van der Waals surface area contributed by atoms with Gasteiger partial charge < -0.3 is 5.32 Å². The summed E-state index contributed by atoms with van der Waals surface area (Å²) >= 11 is 0. The lowest BCUT2D eigenvalue weighted by atomic mass is 10.1. The molecule has 1 heterocycles. The molecule has 6 heteroatoms. The quantitative estimate of drug-likeness (QED) is 0.329. The predicted molar refractivity (Wildman–Crippen MR) is 104 cm³/mol. The topological polar surface area (TPSA) is 83.5 Å². The standard InChI is InChI=1S/C20H24N4O2/c1-4-5-12-21-20(26)17-8-6-16(7-9-17)14(2)23-24-19-11-10-18(13-22-19)15(3)25/h6-11,13H,4-5,12H2,1-3H3,(H,21,26)(H,22,24)/b23-14+. The number of hydrazone groups is 1. The van der Waals surface area contributed by atoms with Crippen LogP contribution in [0.2, 0.25) is 0 Å². The molecule has 0 saturated carbocycles. The third-order valence-corrected chi connectivity index (χ3v) is 3.89. The molecule has 1 amide bonds. The molecule has 6 nitrogen and oxygen atoms in total. The van der Waals surface area contributed by atoms with E-state index in [0.29, 0.717) is 23.5 Å². The minimum Gasteiger partial charge on any atom is -0.352 e. The molecule has 0 bridgehead atoms. The van der Waals surface area contributed by atoms with Crippen molar-refractivity contribution in [1.82, 2.24) is 10.3 Å². The van der Waals surface area contributed by atoms with Crippen molar-refractivity contribution >= 4 is 23.2 Å². The normalized spacial score (nSPS) is 11.1. The average Bonchev–Trinajstić information content (AvgIpc) is 2.66. The number of ketones is 1. The highest BCUT2D eigenvalue weighted by Gasteiger charge is 2.06. The molecule has 0 unspecified atom stereocenters. The molecular weight excluding hydrogens is 328 g/mol. The summed E-state index contributed by atoms with van der Waals surface area (Å²) < 4.78 is 0. The summed E-state index contributed by atoms with van der Waals surface area (Å²) in [7, 11) is 0. The fourth-order valence-corrected chi connectivity index (χ4v) is 2.22. The van der Waals surface area contributed by atoms with Crippen LogP contribution in [0.15, 0.2) is 47.7 Å². The number of Topliss-reactive ketones (excluding diaryl/α,β-unsaturated/α-hetero) is 1. The number of carbonyl (C=O) groups is 2. The molecule has 0 spiro atoms. The first-order valence-corrected chi connectivity index (χ1v) is 8.67. The van der Waals surface area contributed by atoms with Gasteiger partial charge in [0.1, 0.15) is 5.82 Å². The van der Waals surface area contributed by atoms with E-state index in [-0.39, 0.29) is 11.7 Å². The van der Waals surface area contributed by atoms with Crippen molar-refractivity contribution in [2.45, 2.75) is 33.6 Å². The molecule has 2 N–H and O–H groups in total. The van der Waals surface area contributed by atoms with Gasteiger partial charge in [-0.15, -0.1) is 0 Å². The molecule has 26 heavy (non-hydrogen) atoms. The lowest BCUT2D eigenvalue weighted by Crippen LogP contribution is -2.24. The summed E-state index contributed by atoms with van der Waals surface area (Å²) in [6, 6.07) is 10.7. The van der Waals surface area contributed by atoms with Gasteiger partial charge in [0.15, 0.2) is 5.78 Å². The summed E-state index contributed by atoms with van der Waals surface area (Å²) in [5, 5.41) is 7.19. The number of aromatic nitrogens is 1. The minimum absolute atomic E-state index is 0.0254. The van der Waals surface area contributed by atoms with Gasteiger partial charge in [-0.25, -0.2) is 4.98 Å². The van der Waals surface area contributed by atoms with Crippen LogP contribution in [0.3, 0.4) is 0 Å². The Balaban J connectivity index is 1.98. The lowest BCUT2D eigenvalue weighted by Gasteiger charge is -2.06. The molecule has 0 radical (unpaired) electrons. The van der Waals surface area contributed by atoms with Crippen molar-refractivity contribution in [1.29, 1.82) is 0 Å². The maximum atomic E-state index is 12.0.